The molecule has 2 rings (SSSR count). The normalized spacial score (nSPS) is 11.7. The highest BCUT2D eigenvalue weighted by molar-refractivity contribution is 7.99. The van der Waals surface area contributed by atoms with Gasteiger partial charge >= 0.3 is 18.1 Å². The summed E-state index contributed by atoms with van der Waals surface area (Å²) in [5, 5.41) is 37.4. The fourth-order valence-corrected chi connectivity index (χ4v) is 2.68. The van der Waals surface area contributed by atoms with Crippen LogP contribution in [-0.2, 0) is 16.1 Å². The molecule has 0 saturated carbocycles. The second kappa shape index (κ2) is 13.5. The largest absolute Gasteiger partial charge is 0.493 e. The van der Waals surface area contributed by atoms with Gasteiger partial charge in [-0.3, -0.25) is 4.57 Å². The molecule has 34 heavy (non-hydrogen) atoms. The van der Waals surface area contributed by atoms with Crippen LogP contribution in [0.15, 0.2) is 40.8 Å². The lowest BCUT2D eigenvalue weighted by molar-refractivity contribution is -0.134. The Kier molecular flexibility index (Phi) is 11.1. The predicted octanol–water partition coefficient (Wildman–Crippen LogP) is 1.27. The monoisotopic (exact) mass is 507 g/mol. The minimum Gasteiger partial charge on any atom is -0.493 e. The summed E-state index contributed by atoms with van der Waals surface area (Å²) in [4.78, 5) is 34.0. The molecule has 0 saturated heterocycles. The van der Waals surface area contributed by atoms with Crippen molar-refractivity contribution in [3.8, 4) is 11.9 Å². The Hall–Kier alpha value is -4.02. The van der Waals surface area contributed by atoms with E-state index < -0.39 is 30.6 Å². The number of nitrogens with zero attached hydrogens (tertiary/aromatic N) is 5. The van der Waals surface area contributed by atoms with Gasteiger partial charge in [-0.05, 0) is 12.5 Å². The number of imidazole rings is 1. The van der Waals surface area contributed by atoms with E-state index in [1.54, 1.807) is 0 Å². The maximum absolute atomic E-state index is 12.1. The molecule has 0 bridgehead atoms. The number of carboxylic acids is 2. The zero-order valence-electron chi connectivity index (χ0n) is 17.2. The maximum Gasteiger partial charge on any atom is 0.408 e. The van der Waals surface area contributed by atoms with E-state index in [1.807, 2.05) is 0 Å². The number of hydrogen-bond acceptors (Lipinski definition) is 9. The molecule has 0 aliphatic carbocycles. The first-order chi connectivity index (χ1) is 15.9. The number of hydrogen-bond donors (Lipinski definition) is 6. The van der Waals surface area contributed by atoms with Crippen molar-refractivity contribution < 1.29 is 43.2 Å². The molecular formula is C17H20F3N7O6S. The Morgan fingerprint density at radius 3 is 2.38 bits per heavy atom. The first-order valence-electron chi connectivity index (χ1n) is 9.04. The lowest BCUT2D eigenvalue weighted by Gasteiger charge is -2.08. The molecule has 13 nitrogen and oxygen atoms in total. The summed E-state index contributed by atoms with van der Waals surface area (Å²) in [7, 11) is 0. The number of anilines is 1. The van der Waals surface area contributed by atoms with Crippen LogP contribution in [0, 0.1) is 0 Å². The van der Waals surface area contributed by atoms with Crippen LogP contribution in [0.1, 0.15) is 6.42 Å². The average molecular weight is 507 g/mol. The number of carbonyl (C=O) groups is 2. The van der Waals surface area contributed by atoms with E-state index in [0.29, 0.717) is 36.0 Å². The van der Waals surface area contributed by atoms with E-state index in [1.165, 1.54) is 28.6 Å². The smallest absolute Gasteiger partial charge is 0.408 e. The molecule has 2 heterocycles. The average Bonchev–Trinajstić information content (AvgIpc) is 3.06. The molecule has 7 N–H and O–H groups in total. The number of aliphatic carboxylic acids is 2. The van der Waals surface area contributed by atoms with Gasteiger partial charge < -0.3 is 31.5 Å². The van der Waals surface area contributed by atoms with E-state index in [9.17, 15) is 33.0 Å². The van der Waals surface area contributed by atoms with Crippen molar-refractivity contribution in [1.82, 2.24) is 19.5 Å². The molecule has 0 radical (unpaired) electrons. The molecule has 0 aliphatic rings. The van der Waals surface area contributed by atoms with Crippen LogP contribution in [0.4, 0.5) is 19.0 Å². The van der Waals surface area contributed by atoms with Crippen molar-refractivity contribution in [3.63, 3.8) is 0 Å². The van der Waals surface area contributed by atoms with Crippen LogP contribution in [0.25, 0.3) is 0 Å². The van der Waals surface area contributed by atoms with E-state index in [4.69, 9.17) is 15.9 Å². The highest BCUT2D eigenvalue weighted by Gasteiger charge is 2.26. The Labute approximate surface area is 193 Å². The third-order valence-corrected chi connectivity index (χ3v) is 4.21. The Morgan fingerprint density at radius 2 is 1.85 bits per heavy atom. The molecule has 2 aromatic rings. The lowest BCUT2D eigenvalue weighted by Crippen LogP contribution is -2.26. The molecule has 0 aromatic carbocycles. The minimum absolute atomic E-state index is 0.136. The number of alkyl halides is 3. The van der Waals surface area contributed by atoms with Gasteiger partial charge in [0.15, 0.2) is 11.1 Å². The SMILES string of the molecule is NC(=NCC(F)(F)F)Nc1ccnc(SCCCn2c(O)cnc2O)n1.O=C(O)C=CC(=O)O. The van der Waals surface area contributed by atoms with Gasteiger partial charge in [0.25, 0.3) is 6.01 Å². The third kappa shape index (κ3) is 12.1. The van der Waals surface area contributed by atoms with Gasteiger partial charge in [0, 0.05) is 30.6 Å². The van der Waals surface area contributed by atoms with Crippen LogP contribution in [0.2, 0.25) is 0 Å². The molecule has 0 atom stereocenters. The highest BCUT2D eigenvalue weighted by Crippen LogP contribution is 2.20. The van der Waals surface area contributed by atoms with Crippen LogP contribution < -0.4 is 11.1 Å². The van der Waals surface area contributed by atoms with Gasteiger partial charge in [0.1, 0.15) is 12.4 Å². The van der Waals surface area contributed by atoms with Gasteiger partial charge in [-0.25, -0.2) is 24.5 Å². The van der Waals surface area contributed by atoms with Gasteiger partial charge in [-0.1, -0.05) is 11.8 Å². The molecule has 17 heteroatoms. The molecule has 2 aromatic heterocycles. The molecule has 186 valence electrons. The summed E-state index contributed by atoms with van der Waals surface area (Å²) in [5.41, 5.74) is 5.38. The van der Waals surface area contributed by atoms with Gasteiger partial charge in [0.05, 0.1) is 6.20 Å². The van der Waals surface area contributed by atoms with Crippen LogP contribution in [0.3, 0.4) is 0 Å². The van der Waals surface area contributed by atoms with Crippen molar-refractivity contribution >= 4 is 35.5 Å². The number of aliphatic imine (C=N–C) groups is 1. The maximum atomic E-state index is 12.1. The molecule has 0 aliphatic heterocycles. The number of nitrogens with two attached hydrogens (primary N) is 1. The van der Waals surface area contributed by atoms with E-state index in [0.717, 1.165) is 6.20 Å². The summed E-state index contributed by atoms with van der Waals surface area (Å²) in [5.74, 6) is -2.26. The molecular weight excluding hydrogens is 487 g/mol. The number of aromatic nitrogens is 4. The Bertz CT molecular complexity index is 994. The van der Waals surface area contributed by atoms with Crippen molar-refractivity contribution in [2.75, 3.05) is 17.6 Å². The van der Waals surface area contributed by atoms with Gasteiger partial charge in [-0.15, -0.1) is 0 Å². The highest BCUT2D eigenvalue weighted by atomic mass is 32.2. The zero-order chi connectivity index (χ0) is 25.7. The predicted molar refractivity (Wildman–Crippen MR) is 114 cm³/mol. The van der Waals surface area contributed by atoms with E-state index in [-0.39, 0.29) is 17.7 Å². The molecule has 0 unspecified atom stereocenters. The van der Waals surface area contributed by atoms with Gasteiger partial charge in [-0.2, -0.15) is 18.2 Å². The number of aromatic hydroxyl groups is 2. The van der Waals surface area contributed by atoms with Gasteiger partial charge in [0.2, 0.25) is 5.88 Å². The summed E-state index contributed by atoms with van der Waals surface area (Å²) in [6.07, 6.45) is -0.159. The topological polar surface area (TPSA) is 209 Å². The van der Waals surface area contributed by atoms with Crippen molar-refractivity contribution in [3.05, 3.63) is 30.6 Å². The lowest BCUT2D eigenvalue weighted by atomic mass is 10.5. The number of carboxylic acid groups (broad SMARTS) is 2. The number of nitrogens with one attached hydrogen (secondary N) is 1. The first-order valence-corrected chi connectivity index (χ1v) is 10.0. The zero-order valence-corrected chi connectivity index (χ0v) is 18.0. The minimum atomic E-state index is -4.43. The second-order valence-corrected chi connectivity index (χ2v) is 7.01. The second-order valence-electron chi connectivity index (χ2n) is 5.95. The Morgan fingerprint density at radius 1 is 1.21 bits per heavy atom. The fraction of sp³-hybridized carbons (Fsp3) is 0.294. The van der Waals surface area contributed by atoms with E-state index >= 15 is 0 Å². The molecule has 0 fully saturated rings. The first kappa shape index (κ1) is 28.0. The molecule has 0 amide bonds. The standard InChI is InChI=1S/C13H16F3N7O2S.C4H4O4/c14-13(15,16)7-20-10(17)21-8-2-3-18-11(22-8)26-5-1-4-23-9(24)6-19-12(23)25;5-3(6)1-2-4(7)8/h2-3,6,24H,1,4-5,7H2,(H,19,25)(H3,17,18,20,21,22);1-2H,(H,5,6)(H,7,8). The summed E-state index contributed by atoms with van der Waals surface area (Å²) < 4.78 is 37.5. The quantitative estimate of drug-likeness (QED) is 0.0708. The number of halogens is 3. The van der Waals surface area contributed by atoms with Crippen LogP contribution in [0.5, 0.6) is 11.9 Å². The molecule has 0 spiro atoms. The third-order valence-electron chi connectivity index (χ3n) is 3.26. The number of guanidine groups is 1. The van der Waals surface area contributed by atoms with Crippen LogP contribution >= 0.6 is 11.8 Å². The Balaban J connectivity index is 0.000000620. The number of thioether (sulfide) groups is 1. The van der Waals surface area contributed by atoms with Crippen LogP contribution in [-0.4, -0.2) is 76.3 Å². The summed E-state index contributed by atoms with van der Waals surface area (Å²) in [6, 6.07) is 1.17. The van der Waals surface area contributed by atoms with Crippen molar-refractivity contribution in [2.45, 2.75) is 24.3 Å². The number of rotatable bonds is 9. The van der Waals surface area contributed by atoms with Crippen molar-refractivity contribution in [2.24, 2.45) is 10.7 Å². The van der Waals surface area contributed by atoms with E-state index in [2.05, 4.69) is 25.3 Å². The van der Waals surface area contributed by atoms with Crippen molar-refractivity contribution in [1.29, 1.82) is 0 Å². The fourth-order valence-electron chi connectivity index (χ4n) is 1.93. The summed E-state index contributed by atoms with van der Waals surface area (Å²) >= 11 is 1.29. The summed E-state index contributed by atoms with van der Waals surface area (Å²) in [6.45, 7) is -1.04.